The average molecular weight is 444 g/mol. The molecule has 0 bridgehead atoms. The molecule has 25 heavy (non-hydrogen) atoms. The lowest BCUT2D eigenvalue weighted by Gasteiger charge is -2.35. The molecule has 1 aliphatic heterocycles. The van der Waals surface area contributed by atoms with E-state index >= 15 is 0 Å². The second-order valence-corrected chi connectivity index (χ2v) is 9.70. The van der Waals surface area contributed by atoms with Crippen molar-refractivity contribution in [2.45, 2.75) is 24.9 Å². The van der Waals surface area contributed by atoms with E-state index in [1.165, 1.54) is 21.0 Å². The van der Waals surface area contributed by atoms with Gasteiger partial charge in [-0.25, -0.2) is 13.4 Å². The van der Waals surface area contributed by atoms with Gasteiger partial charge in [0.25, 0.3) is 10.0 Å². The number of aromatic nitrogens is 1. The van der Waals surface area contributed by atoms with Gasteiger partial charge < -0.3 is 5.32 Å². The highest BCUT2D eigenvalue weighted by atomic mass is 79.9. The van der Waals surface area contributed by atoms with Crippen molar-refractivity contribution in [1.29, 1.82) is 0 Å². The zero-order chi connectivity index (χ0) is 18.2. The first-order valence-corrected chi connectivity index (χ1v) is 10.9. The van der Waals surface area contributed by atoms with Crippen molar-refractivity contribution in [3.8, 4) is 10.6 Å². The first kappa shape index (κ1) is 18.5. The molecule has 1 atom stereocenters. The number of piperazine rings is 1. The Morgan fingerprint density at radius 3 is 2.64 bits per heavy atom. The Hall–Kier alpha value is -1.29. The van der Waals surface area contributed by atoms with Crippen molar-refractivity contribution in [2.24, 2.45) is 5.92 Å². The zero-order valence-electron chi connectivity index (χ0n) is 13.8. The number of carbonyl (C=O) groups excluding carboxylic acids is 1. The molecule has 0 spiro atoms. The maximum absolute atomic E-state index is 13.0. The Bertz CT molecular complexity index is 878. The third kappa shape index (κ3) is 3.64. The molecular formula is C16H18BrN3O3S2. The molecule has 6 nitrogen and oxygen atoms in total. The van der Waals surface area contributed by atoms with Gasteiger partial charge in [0.2, 0.25) is 5.91 Å². The van der Waals surface area contributed by atoms with Crippen LogP contribution in [0.2, 0.25) is 0 Å². The van der Waals surface area contributed by atoms with Crippen molar-refractivity contribution >= 4 is 43.2 Å². The fourth-order valence-electron chi connectivity index (χ4n) is 2.79. The summed E-state index contributed by atoms with van der Waals surface area (Å²) in [5, 5.41) is 4.90. The van der Waals surface area contributed by atoms with E-state index in [2.05, 4.69) is 26.2 Å². The molecule has 9 heteroatoms. The zero-order valence-corrected chi connectivity index (χ0v) is 17.0. The van der Waals surface area contributed by atoms with Gasteiger partial charge >= 0.3 is 0 Å². The van der Waals surface area contributed by atoms with E-state index in [9.17, 15) is 13.2 Å². The summed E-state index contributed by atoms with van der Waals surface area (Å²) in [5.41, 5.74) is 0.853. The molecule has 1 amide bonds. The molecule has 1 saturated heterocycles. The maximum Gasteiger partial charge on any atom is 0.262 e. The second-order valence-electron chi connectivity index (χ2n) is 6.09. The highest BCUT2D eigenvalue weighted by molar-refractivity contribution is 9.10. The number of thiazole rings is 1. The predicted molar refractivity (Wildman–Crippen MR) is 101 cm³/mol. The Kier molecular flexibility index (Phi) is 5.29. The number of halogens is 1. The lowest BCUT2D eigenvalue weighted by Crippen LogP contribution is -2.59. The minimum atomic E-state index is -3.82. The van der Waals surface area contributed by atoms with E-state index in [1.54, 1.807) is 0 Å². The summed E-state index contributed by atoms with van der Waals surface area (Å²) in [6.07, 6.45) is 0. The van der Waals surface area contributed by atoms with Crippen LogP contribution in [-0.2, 0) is 14.8 Å². The molecule has 1 fully saturated rings. The summed E-state index contributed by atoms with van der Waals surface area (Å²) in [6, 6.07) is 6.81. The minimum absolute atomic E-state index is 0.00392. The molecular weight excluding hydrogens is 426 g/mol. The molecule has 134 valence electrons. The Labute approximate surface area is 159 Å². The van der Waals surface area contributed by atoms with Crippen LogP contribution < -0.4 is 5.32 Å². The predicted octanol–water partition coefficient (Wildman–Crippen LogP) is 2.72. The lowest BCUT2D eigenvalue weighted by atomic mass is 10.0. The number of sulfonamides is 1. The largest absolute Gasteiger partial charge is 0.353 e. The number of nitrogens with zero attached hydrogens (tertiary/aromatic N) is 2. The Balaban J connectivity index is 1.95. The van der Waals surface area contributed by atoms with Gasteiger partial charge in [0.15, 0.2) is 5.03 Å². The van der Waals surface area contributed by atoms with E-state index in [-0.39, 0.29) is 23.4 Å². The highest BCUT2D eigenvalue weighted by Crippen LogP contribution is 2.30. The Morgan fingerprint density at radius 2 is 2.00 bits per heavy atom. The number of hydrogen-bond acceptors (Lipinski definition) is 5. The number of benzene rings is 1. The normalized spacial score (nSPS) is 19.2. The van der Waals surface area contributed by atoms with Gasteiger partial charge in [0, 0.05) is 28.5 Å². The molecule has 2 heterocycles. The van der Waals surface area contributed by atoms with E-state index in [0.29, 0.717) is 11.6 Å². The summed E-state index contributed by atoms with van der Waals surface area (Å²) < 4.78 is 28.3. The number of carbonyl (C=O) groups is 1. The number of hydrogen-bond donors (Lipinski definition) is 1. The van der Waals surface area contributed by atoms with E-state index in [1.807, 2.05) is 38.1 Å². The molecule has 1 aromatic carbocycles. The molecule has 0 aliphatic carbocycles. The van der Waals surface area contributed by atoms with Crippen LogP contribution in [0, 0.1) is 5.92 Å². The lowest BCUT2D eigenvalue weighted by molar-refractivity contribution is -0.128. The molecule has 0 saturated carbocycles. The van der Waals surface area contributed by atoms with E-state index in [4.69, 9.17) is 0 Å². The van der Waals surface area contributed by atoms with Crippen molar-refractivity contribution in [3.63, 3.8) is 0 Å². The summed E-state index contributed by atoms with van der Waals surface area (Å²) >= 11 is 4.65. The number of nitrogens with one attached hydrogen (secondary N) is 1. The van der Waals surface area contributed by atoms with Crippen LogP contribution in [0.5, 0.6) is 0 Å². The van der Waals surface area contributed by atoms with Gasteiger partial charge in [0.1, 0.15) is 11.0 Å². The van der Waals surface area contributed by atoms with Gasteiger partial charge in [-0.2, -0.15) is 4.31 Å². The molecule has 1 aromatic heterocycles. The van der Waals surface area contributed by atoms with E-state index in [0.717, 1.165) is 10.0 Å². The van der Waals surface area contributed by atoms with Crippen molar-refractivity contribution in [2.75, 3.05) is 13.1 Å². The fourth-order valence-corrected chi connectivity index (χ4v) is 5.85. The Morgan fingerprint density at radius 1 is 1.32 bits per heavy atom. The van der Waals surface area contributed by atoms with Crippen LogP contribution in [0.3, 0.4) is 0 Å². The van der Waals surface area contributed by atoms with Crippen LogP contribution in [0.1, 0.15) is 13.8 Å². The maximum atomic E-state index is 13.0. The molecule has 3 rings (SSSR count). The van der Waals surface area contributed by atoms with Crippen LogP contribution >= 0.6 is 27.3 Å². The van der Waals surface area contributed by atoms with Crippen LogP contribution in [0.4, 0.5) is 0 Å². The molecule has 1 N–H and O–H groups in total. The van der Waals surface area contributed by atoms with Crippen molar-refractivity contribution in [1.82, 2.24) is 14.6 Å². The number of amides is 1. The standard InChI is InChI=1S/C16H18BrN3O3S2/c1-10(2)14-15(21)18-7-8-20(14)25(22,23)13-9-24-16(19-13)11-3-5-12(17)6-4-11/h3-6,9-10,14H,7-8H2,1-2H3,(H,18,21). The number of rotatable bonds is 4. The SMILES string of the molecule is CC(C)C1C(=O)NCCN1S(=O)(=O)c1csc(-c2ccc(Br)cc2)n1. The van der Waals surface area contributed by atoms with E-state index < -0.39 is 16.1 Å². The van der Waals surface area contributed by atoms with Gasteiger partial charge in [-0.1, -0.05) is 41.9 Å². The molecule has 0 radical (unpaired) electrons. The van der Waals surface area contributed by atoms with Crippen molar-refractivity contribution < 1.29 is 13.2 Å². The van der Waals surface area contributed by atoms with Gasteiger partial charge in [0.05, 0.1) is 0 Å². The summed E-state index contributed by atoms with van der Waals surface area (Å²) in [5.74, 6) is -0.382. The monoisotopic (exact) mass is 443 g/mol. The van der Waals surface area contributed by atoms with Crippen LogP contribution in [-0.4, -0.2) is 42.7 Å². The fraction of sp³-hybridized carbons (Fsp3) is 0.375. The molecule has 2 aromatic rings. The molecule has 1 unspecified atom stereocenters. The van der Waals surface area contributed by atoms with Gasteiger partial charge in [-0.05, 0) is 18.1 Å². The third-order valence-electron chi connectivity index (χ3n) is 3.99. The summed E-state index contributed by atoms with van der Waals surface area (Å²) in [7, 11) is -3.82. The van der Waals surface area contributed by atoms with Gasteiger partial charge in [-0.15, -0.1) is 11.3 Å². The average Bonchev–Trinajstić information content (AvgIpc) is 3.05. The topological polar surface area (TPSA) is 79.4 Å². The first-order valence-electron chi connectivity index (χ1n) is 7.81. The highest BCUT2D eigenvalue weighted by Gasteiger charge is 2.41. The summed E-state index contributed by atoms with van der Waals surface area (Å²) in [6.45, 7) is 4.24. The van der Waals surface area contributed by atoms with Crippen molar-refractivity contribution in [3.05, 3.63) is 34.1 Å². The first-order chi connectivity index (χ1) is 11.8. The quantitative estimate of drug-likeness (QED) is 0.787. The third-order valence-corrected chi connectivity index (χ3v) is 7.32. The summed E-state index contributed by atoms with van der Waals surface area (Å²) in [4.78, 5) is 16.5. The van der Waals surface area contributed by atoms with Crippen LogP contribution in [0.15, 0.2) is 39.1 Å². The smallest absolute Gasteiger partial charge is 0.262 e. The molecule has 1 aliphatic rings. The van der Waals surface area contributed by atoms with Gasteiger partial charge in [-0.3, -0.25) is 4.79 Å². The second kappa shape index (κ2) is 7.14. The van der Waals surface area contributed by atoms with Crippen LogP contribution in [0.25, 0.3) is 10.6 Å². The minimum Gasteiger partial charge on any atom is -0.353 e.